The minimum atomic E-state index is -0.260. The Balaban J connectivity index is 1.61. The number of hydrogen-bond acceptors (Lipinski definition) is 7. The van der Waals surface area contributed by atoms with Crippen LogP contribution in [0.5, 0.6) is 11.5 Å². The molecule has 8 nitrogen and oxygen atoms in total. The van der Waals surface area contributed by atoms with Gasteiger partial charge in [-0.25, -0.2) is 5.43 Å². The molecule has 0 atom stereocenters. The van der Waals surface area contributed by atoms with Gasteiger partial charge in [-0.1, -0.05) is 56.8 Å². The second-order valence-corrected chi connectivity index (χ2v) is 9.33. The monoisotopic (exact) mass is 467 g/mol. The zero-order valence-corrected chi connectivity index (χ0v) is 20.3. The zero-order chi connectivity index (χ0) is 24.0. The van der Waals surface area contributed by atoms with E-state index in [0.29, 0.717) is 23.0 Å². The molecule has 0 fully saturated rings. The maximum Gasteiger partial charge on any atom is 0.250 e. The Bertz CT molecular complexity index is 1130. The van der Waals surface area contributed by atoms with Crippen molar-refractivity contribution in [1.82, 2.24) is 20.2 Å². The van der Waals surface area contributed by atoms with Crippen molar-refractivity contribution in [3.05, 3.63) is 53.6 Å². The third-order valence-electron chi connectivity index (χ3n) is 4.98. The fourth-order valence-electron chi connectivity index (χ4n) is 3.13. The van der Waals surface area contributed by atoms with Crippen LogP contribution in [-0.2, 0) is 16.8 Å². The number of carbonyl (C=O) groups is 1. The van der Waals surface area contributed by atoms with Gasteiger partial charge in [0, 0.05) is 12.1 Å². The molecule has 0 spiro atoms. The SMILES string of the molecule is CCn1c(SCC(=O)NN=Cc2ccc(O)c(OC)c2)nnc1-c1ccc(C(C)(C)C)cc1. The minimum absolute atomic E-state index is 0.0413. The number of hydrazone groups is 1. The number of thioether (sulfide) groups is 1. The van der Waals surface area contributed by atoms with Crippen LogP contribution in [-0.4, -0.2) is 44.9 Å². The number of hydrogen-bond donors (Lipinski definition) is 2. The summed E-state index contributed by atoms with van der Waals surface area (Å²) in [7, 11) is 1.47. The number of methoxy groups -OCH3 is 1. The minimum Gasteiger partial charge on any atom is -0.504 e. The van der Waals surface area contributed by atoms with Crippen LogP contribution >= 0.6 is 11.8 Å². The zero-order valence-electron chi connectivity index (χ0n) is 19.5. The predicted molar refractivity (Wildman–Crippen MR) is 131 cm³/mol. The molecule has 3 rings (SSSR count). The van der Waals surface area contributed by atoms with Crippen LogP contribution in [0.3, 0.4) is 0 Å². The number of nitrogens with zero attached hydrogens (tertiary/aromatic N) is 4. The van der Waals surface area contributed by atoms with Crippen LogP contribution in [0.25, 0.3) is 11.4 Å². The molecule has 2 aromatic carbocycles. The van der Waals surface area contributed by atoms with Gasteiger partial charge >= 0.3 is 0 Å². The van der Waals surface area contributed by atoms with Gasteiger partial charge in [0.2, 0.25) is 0 Å². The normalized spacial score (nSPS) is 11.7. The van der Waals surface area contributed by atoms with E-state index in [1.807, 2.05) is 11.5 Å². The number of rotatable bonds is 8. The molecule has 1 aromatic heterocycles. The van der Waals surface area contributed by atoms with Gasteiger partial charge in [0.15, 0.2) is 22.5 Å². The first-order chi connectivity index (χ1) is 15.7. The van der Waals surface area contributed by atoms with Gasteiger partial charge in [-0.15, -0.1) is 10.2 Å². The van der Waals surface area contributed by atoms with E-state index in [-0.39, 0.29) is 22.8 Å². The number of aromatic hydroxyl groups is 1. The van der Waals surface area contributed by atoms with Crippen LogP contribution in [0.1, 0.15) is 38.8 Å². The lowest BCUT2D eigenvalue weighted by atomic mass is 9.87. The van der Waals surface area contributed by atoms with Crippen molar-refractivity contribution in [2.24, 2.45) is 5.10 Å². The highest BCUT2D eigenvalue weighted by Gasteiger charge is 2.17. The second kappa shape index (κ2) is 10.5. The number of aromatic nitrogens is 3. The Hall–Kier alpha value is -3.33. The summed E-state index contributed by atoms with van der Waals surface area (Å²) in [5.41, 5.74) is 5.51. The molecule has 9 heteroatoms. The molecule has 0 unspecified atom stereocenters. The summed E-state index contributed by atoms with van der Waals surface area (Å²) in [6.07, 6.45) is 1.48. The number of ether oxygens (including phenoxy) is 1. The molecule has 0 radical (unpaired) electrons. The van der Waals surface area contributed by atoms with E-state index in [0.717, 1.165) is 11.4 Å². The van der Waals surface area contributed by atoms with E-state index >= 15 is 0 Å². The third-order valence-corrected chi connectivity index (χ3v) is 5.95. The topological polar surface area (TPSA) is 102 Å². The number of phenols is 1. The first kappa shape index (κ1) is 24.3. The first-order valence-electron chi connectivity index (χ1n) is 10.6. The molecule has 0 aliphatic carbocycles. The highest BCUT2D eigenvalue weighted by atomic mass is 32.2. The standard InChI is InChI=1S/C24H29N5O3S/c1-6-29-22(17-8-10-18(11-9-17)24(2,3)4)27-28-23(29)33-15-21(31)26-25-14-16-7-12-19(30)20(13-16)32-5/h7-14,30H,6,15H2,1-5H3,(H,26,31). The van der Waals surface area contributed by atoms with Crippen LogP contribution < -0.4 is 10.2 Å². The Morgan fingerprint density at radius 3 is 2.58 bits per heavy atom. The van der Waals surface area contributed by atoms with Crippen molar-refractivity contribution >= 4 is 23.9 Å². The molecule has 33 heavy (non-hydrogen) atoms. The molecular weight excluding hydrogens is 438 g/mol. The lowest BCUT2D eigenvalue weighted by molar-refractivity contribution is -0.118. The van der Waals surface area contributed by atoms with Crippen LogP contribution in [0, 0.1) is 0 Å². The molecule has 0 aliphatic heterocycles. The quantitative estimate of drug-likeness (QED) is 0.292. The summed E-state index contributed by atoms with van der Waals surface area (Å²) < 4.78 is 7.06. The van der Waals surface area contributed by atoms with E-state index in [9.17, 15) is 9.90 Å². The summed E-state index contributed by atoms with van der Waals surface area (Å²) in [5.74, 6) is 1.05. The average molecular weight is 468 g/mol. The molecule has 174 valence electrons. The maximum atomic E-state index is 12.2. The van der Waals surface area contributed by atoms with Gasteiger partial charge in [-0.05, 0) is 41.7 Å². The van der Waals surface area contributed by atoms with Crippen molar-refractivity contribution < 1.29 is 14.6 Å². The van der Waals surface area contributed by atoms with Crippen molar-refractivity contribution in [3.63, 3.8) is 0 Å². The maximum absolute atomic E-state index is 12.2. The lowest BCUT2D eigenvalue weighted by Crippen LogP contribution is -2.20. The number of amides is 1. The van der Waals surface area contributed by atoms with Crippen molar-refractivity contribution in [2.45, 2.75) is 44.8 Å². The largest absolute Gasteiger partial charge is 0.504 e. The molecule has 0 bridgehead atoms. The number of nitrogens with one attached hydrogen (secondary N) is 1. The van der Waals surface area contributed by atoms with Crippen LogP contribution in [0.2, 0.25) is 0 Å². The molecule has 2 N–H and O–H groups in total. The van der Waals surface area contributed by atoms with Gasteiger partial charge in [0.25, 0.3) is 5.91 Å². The summed E-state index contributed by atoms with van der Waals surface area (Å²) in [6.45, 7) is 9.26. The molecule has 0 saturated carbocycles. The Morgan fingerprint density at radius 1 is 1.21 bits per heavy atom. The third kappa shape index (κ3) is 6.13. The summed E-state index contributed by atoms with van der Waals surface area (Å²) in [4.78, 5) is 12.2. The average Bonchev–Trinajstić information content (AvgIpc) is 3.21. The van der Waals surface area contributed by atoms with Crippen molar-refractivity contribution in [2.75, 3.05) is 12.9 Å². The van der Waals surface area contributed by atoms with Gasteiger partial charge in [-0.2, -0.15) is 5.10 Å². The van der Waals surface area contributed by atoms with E-state index < -0.39 is 0 Å². The molecule has 1 heterocycles. The molecule has 1 amide bonds. The second-order valence-electron chi connectivity index (χ2n) is 8.39. The lowest BCUT2D eigenvalue weighted by Gasteiger charge is -2.19. The predicted octanol–water partition coefficient (Wildman–Crippen LogP) is 4.22. The molecule has 3 aromatic rings. The number of phenolic OH excluding ortho intramolecular Hbond substituents is 1. The van der Waals surface area contributed by atoms with E-state index in [4.69, 9.17) is 4.74 Å². The van der Waals surface area contributed by atoms with Gasteiger partial charge < -0.3 is 14.4 Å². The van der Waals surface area contributed by atoms with Crippen molar-refractivity contribution in [3.8, 4) is 22.9 Å². The Labute approximate surface area is 198 Å². The molecule has 0 saturated heterocycles. The summed E-state index contributed by atoms with van der Waals surface area (Å²) >= 11 is 1.31. The van der Waals surface area contributed by atoms with Gasteiger partial charge in [-0.3, -0.25) is 4.79 Å². The Morgan fingerprint density at radius 2 is 1.94 bits per heavy atom. The van der Waals surface area contributed by atoms with Crippen LogP contribution in [0.15, 0.2) is 52.7 Å². The van der Waals surface area contributed by atoms with E-state index in [2.05, 4.69) is 65.8 Å². The van der Waals surface area contributed by atoms with Crippen LogP contribution in [0.4, 0.5) is 0 Å². The van der Waals surface area contributed by atoms with Crippen molar-refractivity contribution in [1.29, 1.82) is 0 Å². The first-order valence-corrected chi connectivity index (χ1v) is 11.6. The molecular formula is C24H29N5O3S. The fraction of sp³-hybridized carbons (Fsp3) is 0.333. The van der Waals surface area contributed by atoms with E-state index in [1.54, 1.807) is 12.1 Å². The van der Waals surface area contributed by atoms with Gasteiger partial charge in [0.05, 0.1) is 19.1 Å². The molecule has 0 aliphatic rings. The van der Waals surface area contributed by atoms with E-state index in [1.165, 1.54) is 36.7 Å². The Kier molecular flexibility index (Phi) is 7.75. The number of benzene rings is 2. The highest BCUT2D eigenvalue weighted by molar-refractivity contribution is 7.99. The highest BCUT2D eigenvalue weighted by Crippen LogP contribution is 2.28. The number of carbonyl (C=O) groups excluding carboxylic acids is 1. The fourth-order valence-corrected chi connectivity index (χ4v) is 3.92. The smallest absolute Gasteiger partial charge is 0.250 e. The summed E-state index contributed by atoms with van der Waals surface area (Å²) in [5, 5.41) is 22.9. The van der Waals surface area contributed by atoms with Gasteiger partial charge in [0.1, 0.15) is 0 Å². The summed E-state index contributed by atoms with van der Waals surface area (Å²) in [6, 6.07) is 13.2.